The Hall–Kier alpha value is -0.760. The van der Waals surface area contributed by atoms with Gasteiger partial charge in [0.15, 0.2) is 0 Å². The van der Waals surface area contributed by atoms with Crippen LogP contribution in [0.3, 0.4) is 0 Å². The van der Waals surface area contributed by atoms with Crippen LogP contribution in [0.25, 0.3) is 0 Å². The topological polar surface area (TPSA) is 29.1 Å². The Kier molecular flexibility index (Phi) is 3.05. The second-order valence-electron chi connectivity index (χ2n) is 4.67. The van der Waals surface area contributed by atoms with Crippen molar-refractivity contribution in [1.82, 2.24) is 5.32 Å². The van der Waals surface area contributed by atoms with Gasteiger partial charge in [-0.05, 0) is 18.4 Å². The van der Waals surface area contributed by atoms with Gasteiger partial charge in [-0.1, -0.05) is 38.4 Å². The summed E-state index contributed by atoms with van der Waals surface area (Å²) in [5.41, 5.74) is 0.641. The lowest BCUT2D eigenvalue weighted by molar-refractivity contribution is -0.125. The fraction of sp³-hybridized carbons (Fsp3) is 0.545. The highest BCUT2D eigenvalue weighted by molar-refractivity contribution is 6.31. The molecule has 1 atom stereocenters. The van der Waals surface area contributed by atoms with Crippen molar-refractivity contribution in [3.63, 3.8) is 0 Å². The highest BCUT2D eigenvalue weighted by atomic mass is 35.5. The molecule has 3 heteroatoms. The van der Waals surface area contributed by atoms with E-state index in [1.54, 1.807) is 13.0 Å². The molecule has 1 unspecified atom stereocenters. The first-order valence-corrected chi connectivity index (χ1v) is 5.05. The summed E-state index contributed by atoms with van der Waals surface area (Å²) < 4.78 is 0. The van der Waals surface area contributed by atoms with Gasteiger partial charge in [0, 0.05) is 5.70 Å². The Morgan fingerprint density at radius 1 is 1.43 bits per heavy atom. The molecular formula is C11H16ClNO. The standard InChI is InChI=1S/C11H16ClNO/c1-7-9(12)6-5-8(10(14)13-7)11(2,3)4/h5-6,8H,1-4H3,(H,13,14). The van der Waals surface area contributed by atoms with Crippen molar-refractivity contribution >= 4 is 17.5 Å². The first kappa shape index (κ1) is 11.3. The Labute approximate surface area is 90.0 Å². The number of carbonyl (C=O) groups excluding carboxylic acids is 1. The molecule has 0 aromatic carbocycles. The molecule has 0 saturated heterocycles. The van der Waals surface area contributed by atoms with Crippen molar-refractivity contribution in [1.29, 1.82) is 0 Å². The smallest absolute Gasteiger partial charge is 0.231 e. The molecule has 1 N–H and O–H groups in total. The Balaban J connectivity index is 2.98. The fourth-order valence-corrected chi connectivity index (χ4v) is 1.52. The zero-order valence-corrected chi connectivity index (χ0v) is 9.77. The van der Waals surface area contributed by atoms with Crippen LogP contribution in [0.5, 0.6) is 0 Å². The lowest BCUT2D eigenvalue weighted by Gasteiger charge is -2.26. The third-order valence-corrected chi connectivity index (χ3v) is 2.73. The molecule has 1 heterocycles. The summed E-state index contributed by atoms with van der Waals surface area (Å²) in [6, 6.07) is 0. The van der Waals surface area contributed by atoms with Gasteiger partial charge in [0.1, 0.15) is 0 Å². The van der Waals surface area contributed by atoms with E-state index in [9.17, 15) is 4.79 Å². The molecule has 0 spiro atoms. The Bertz CT molecular complexity index is 310. The molecule has 0 aliphatic carbocycles. The van der Waals surface area contributed by atoms with Crippen molar-refractivity contribution in [2.75, 3.05) is 0 Å². The van der Waals surface area contributed by atoms with E-state index in [4.69, 9.17) is 11.6 Å². The molecule has 1 aliphatic heterocycles. The molecule has 0 fully saturated rings. The second kappa shape index (κ2) is 3.77. The number of halogens is 1. The molecule has 78 valence electrons. The molecule has 1 aliphatic rings. The number of hydrogen-bond donors (Lipinski definition) is 1. The number of amides is 1. The summed E-state index contributed by atoms with van der Waals surface area (Å²) in [5.74, 6) is -0.115. The minimum absolute atomic E-state index is 0.0156. The molecule has 2 nitrogen and oxygen atoms in total. The SMILES string of the molecule is CC1=C(Cl)C=CC(C(C)(C)C)C(=O)N1. The quantitative estimate of drug-likeness (QED) is 0.659. The van der Waals surface area contributed by atoms with Crippen LogP contribution in [0.2, 0.25) is 0 Å². The highest BCUT2D eigenvalue weighted by Gasteiger charge is 2.30. The number of allylic oxidation sites excluding steroid dienone is 3. The van der Waals surface area contributed by atoms with Crippen LogP contribution in [0, 0.1) is 11.3 Å². The normalized spacial score (nSPS) is 23.5. The van der Waals surface area contributed by atoms with Crippen molar-refractivity contribution in [2.45, 2.75) is 27.7 Å². The van der Waals surface area contributed by atoms with Gasteiger partial charge in [0.25, 0.3) is 0 Å². The van der Waals surface area contributed by atoms with E-state index in [1.807, 2.05) is 26.8 Å². The molecule has 0 radical (unpaired) electrons. The first-order chi connectivity index (χ1) is 6.32. The summed E-state index contributed by atoms with van der Waals surface area (Å²) in [5, 5.41) is 3.40. The molecule has 0 aromatic rings. The van der Waals surface area contributed by atoms with Crippen LogP contribution < -0.4 is 5.32 Å². The molecule has 14 heavy (non-hydrogen) atoms. The van der Waals surface area contributed by atoms with Gasteiger partial charge in [-0.2, -0.15) is 0 Å². The molecule has 1 rings (SSSR count). The average molecular weight is 214 g/mol. The van der Waals surface area contributed by atoms with Gasteiger partial charge in [0.2, 0.25) is 5.91 Å². The molecule has 1 amide bonds. The minimum atomic E-state index is -0.131. The number of rotatable bonds is 0. The van der Waals surface area contributed by atoms with E-state index in [1.165, 1.54) is 0 Å². The van der Waals surface area contributed by atoms with Crippen molar-refractivity contribution in [3.05, 3.63) is 22.9 Å². The summed E-state index contributed by atoms with van der Waals surface area (Å²) in [6.45, 7) is 7.91. The van der Waals surface area contributed by atoms with Gasteiger partial charge >= 0.3 is 0 Å². The van der Waals surface area contributed by atoms with Gasteiger partial charge in [0.05, 0.1) is 11.0 Å². The summed E-state index contributed by atoms with van der Waals surface area (Å²) in [4.78, 5) is 11.8. The number of carbonyl (C=O) groups is 1. The van der Waals surface area contributed by atoms with Gasteiger partial charge in [-0.25, -0.2) is 0 Å². The maximum atomic E-state index is 11.8. The van der Waals surface area contributed by atoms with Gasteiger partial charge in [-0.15, -0.1) is 0 Å². The monoisotopic (exact) mass is 213 g/mol. The average Bonchev–Trinajstić information content (AvgIpc) is 2.11. The van der Waals surface area contributed by atoms with Crippen LogP contribution >= 0.6 is 11.6 Å². The second-order valence-corrected chi connectivity index (χ2v) is 5.07. The highest BCUT2D eigenvalue weighted by Crippen LogP contribution is 2.30. The summed E-state index contributed by atoms with van der Waals surface area (Å²) >= 11 is 5.93. The third kappa shape index (κ3) is 2.38. The fourth-order valence-electron chi connectivity index (χ4n) is 1.40. The van der Waals surface area contributed by atoms with Crippen molar-refractivity contribution < 1.29 is 4.79 Å². The number of hydrogen-bond acceptors (Lipinski definition) is 1. The lowest BCUT2D eigenvalue weighted by Crippen LogP contribution is -2.35. The molecular weight excluding hydrogens is 198 g/mol. The Morgan fingerprint density at radius 3 is 2.50 bits per heavy atom. The minimum Gasteiger partial charge on any atom is -0.328 e. The summed E-state index contributed by atoms with van der Waals surface area (Å²) in [6.07, 6.45) is 3.67. The van der Waals surface area contributed by atoms with Crippen LogP contribution in [0.15, 0.2) is 22.9 Å². The third-order valence-electron chi connectivity index (χ3n) is 2.32. The van der Waals surface area contributed by atoms with Crippen LogP contribution in [0.4, 0.5) is 0 Å². The number of nitrogens with one attached hydrogen (secondary N) is 1. The van der Waals surface area contributed by atoms with E-state index in [2.05, 4.69) is 5.32 Å². The van der Waals surface area contributed by atoms with E-state index < -0.39 is 0 Å². The molecule has 0 saturated carbocycles. The predicted molar refractivity (Wildman–Crippen MR) is 58.8 cm³/mol. The van der Waals surface area contributed by atoms with Gasteiger partial charge < -0.3 is 5.32 Å². The maximum absolute atomic E-state index is 11.8. The van der Waals surface area contributed by atoms with Gasteiger partial charge in [-0.3, -0.25) is 4.79 Å². The van der Waals surface area contributed by atoms with E-state index >= 15 is 0 Å². The first-order valence-electron chi connectivity index (χ1n) is 4.68. The zero-order valence-electron chi connectivity index (χ0n) is 9.02. The van der Waals surface area contributed by atoms with Crippen molar-refractivity contribution in [3.8, 4) is 0 Å². The molecule has 0 aromatic heterocycles. The van der Waals surface area contributed by atoms with E-state index in [0.29, 0.717) is 5.03 Å². The molecule has 0 bridgehead atoms. The van der Waals surface area contributed by atoms with Crippen LogP contribution in [-0.2, 0) is 4.79 Å². The van der Waals surface area contributed by atoms with Crippen LogP contribution in [0.1, 0.15) is 27.7 Å². The largest absolute Gasteiger partial charge is 0.328 e. The van der Waals surface area contributed by atoms with Crippen molar-refractivity contribution in [2.24, 2.45) is 11.3 Å². The lowest BCUT2D eigenvalue weighted by atomic mass is 9.80. The zero-order chi connectivity index (χ0) is 10.9. The predicted octanol–water partition coefficient (Wildman–Crippen LogP) is 2.81. The summed E-state index contributed by atoms with van der Waals surface area (Å²) in [7, 11) is 0. The van der Waals surface area contributed by atoms with E-state index in [0.717, 1.165) is 5.70 Å². The maximum Gasteiger partial charge on any atom is 0.231 e. The van der Waals surface area contributed by atoms with E-state index in [-0.39, 0.29) is 17.2 Å². The van der Waals surface area contributed by atoms with Crippen LogP contribution in [-0.4, -0.2) is 5.91 Å². The Morgan fingerprint density at radius 2 is 2.00 bits per heavy atom.